The van der Waals surface area contributed by atoms with E-state index in [2.05, 4.69) is 17.9 Å². The molecular weight excluding hydrogens is 284 g/mol. The lowest BCUT2D eigenvalue weighted by atomic mass is 10.0. The van der Waals surface area contributed by atoms with Crippen molar-refractivity contribution in [3.05, 3.63) is 41.6 Å². The van der Waals surface area contributed by atoms with E-state index in [1.165, 1.54) is 25.7 Å². The predicted octanol–water partition coefficient (Wildman–Crippen LogP) is 4.37. The molecule has 1 heterocycles. The summed E-state index contributed by atoms with van der Waals surface area (Å²) in [5.74, 6) is 1.48. The molecule has 23 heavy (non-hydrogen) atoms. The van der Waals surface area contributed by atoms with E-state index in [4.69, 9.17) is 4.98 Å². The summed E-state index contributed by atoms with van der Waals surface area (Å²) in [5, 5.41) is 0.999. The Hall–Kier alpha value is -1.90. The fourth-order valence-electron chi connectivity index (χ4n) is 3.29. The van der Waals surface area contributed by atoms with Crippen molar-refractivity contribution in [3.8, 4) is 0 Å². The van der Waals surface area contributed by atoms with Gasteiger partial charge in [0.05, 0.1) is 11.1 Å². The van der Waals surface area contributed by atoms with Crippen LogP contribution in [0.25, 0.3) is 10.9 Å². The number of amides is 1. The van der Waals surface area contributed by atoms with E-state index < -0.39 is 0 Å². The van der Waals surface area contributed by atoms with Crippen molar-refractivity contribution in [2.24, 2.45) is 5.92 Å². The number of pyridine rings is 1. The van der Waals surface area contributed by atoms with Crippen LogP contribution >= 0.6 is 0 Å². The van der Waals surface area contributed by atoms with E-state index in [-0.39, 0.29) is 5.91 Å². The zero-order valence-corrected chi connectivity index (χ0v) is 13.8. The number of hydrogen-bond donors (Lipinski definition) is 0. The van der Waals surface area contributed by atoms with E-state index in [1.807, 2.05) is 24.3 Å². The van der Waals surface area contributed by atoms with Crippen LogP contribution in [0.2, 0.25) is 0 Å². The Kier molecular flexibility index (Phi) is 3.80. The van der Waals surface area contributed by atoms with Crippen LogP contribution in [-0.2, 0) is 0 Å². The summed E-state index contributed by atoms with van der Waals surface area (Å²) >= 11 is 0. The van der Waals surface area contributed by atoms with Gasteiger partial charge in [-0.2, -0.15) is 0 Å². The van der Waals surface area contributed by atoms with Gasteiger partial charge in [-0.25, -0.2) is 0 Å². The van der Waals surface area contributed by atoms with Crippen molar-refractivity contribution in [2.45, 2.75) is 44.9 Å². The molecule has 2 aromatic rings. The molecule has 2 fully saturated rings. The topological polar surface area (TPSA) is 33.2 Å². The summed E-state index contributed by atoms with van der Waals surface area (Å²) in [7, 11) is 0. The Balaban J connectivity index is 1.74. The molecule has 0 atom stereocenters. The molecular formula is C20H24N2O. The Morgan fingerprint density at radius 2 is 2.00 bits per heavy atom. The molecule has 0 spiro atoms. The minimum absolute atomic E-state index is 0.194. The molecule has 2 aliphatic rings. The van der Waals surface area contributed by atoms with Gasteiger partial charge in [0.1, 0.15) is 0 Å². The van der Waals surface area contributed by atoms with Gasteiger partial charge < -0.3 is 4.90 Å². The summed E-state index contributed by atoms with van der Waals surface area (Å²) in [6.45, 7) is 3.92. The summed E-state index contributed by atoms with van der Waals surface area (Å²) in [4.78, 5) is 20.1. The van der Waals surface area contributed by atoms with Gasteiger partial charge in [0.15, 0.2) is 0 Å². The van der Waals surface area contributed by atoms with Crippen molar-refractivity contribution in [1.29, 1.82) is 0 Å². The van der Waals surface area contributed by atoms with Crippen LogP contribution in [0.15, 0.2) is 30.3 Å². The lowest BCUT2D eigenvalue weighted by Gasteiger charge is -2.23. The highest BCUT2D eigenvalue weighted by atomic mass is 16.2. The first-order valence-corrected chi connectivity index (χ1v) is 8.95. The van der Waals surface area contributed by atoms with Gasteiger partial charge in [0.2, 0.25) is 0 Å². The van der Waals surface area contributed by atoms with Crippen LogP contribution in [0.3, 0.4) is 0 Å². The third-order valence-electron chi connectivity index (χ3n) is 4.92. The number of aromatic nitrogens is 1. The Bertz CT molecular complexity index is 731. The van der Waals surface area contributed by atoms with Crippen LogP contribution < -0.4 is 0 Å². The van der Waals surface area contributed by atoms with Crippen molar-refractivity contribution >= 4 is 16.8 Å². The normalized spacial score (nSPS) is 17.4. The van der Waals surface area contributed by atoms with Crippen molar-refractivity contribution < 1.29 is 4.79 Å². The average molecular weight is 308 g/mol. The van der Waals surface area contributed by atoms with E-state index in [1.54, 1.807) is 0 Å². The summed E-state index contributed by atoms with van der Waals surface area (Å²) in [5.41, 5.74) is 2.92. The SMILES string of the molecule is CCCN(CC1CC1)C(=O)c1cc(C2CC2)nc2ccccc12. The van der Waals surface area contributed by atoms with Crippen molar-refractivity contribution in [3.63, 3.8) is 0 Å². The highest BCUT2D eigenvalue weighted by molar-refractivity contribution is 6.06. The second kappa shape index (κ2) is 5.95. The monoisotopic (exact) mass is 308 g/mol. The number of hydrogen-bond acceptors (Lipinski definition) is 2. The lowest BCUT2D eigenvalue weighted by molar-refractivity contribution is 0.0749. The number of carbonyl (C=O) groups excluding carboxylic acids is 1. The highest BCUT2D eigenvalue weighted by Crippen LogP contribution is 2.40. The second-order valence-electron chi connectivity index (χ2n) is 7.08. The lowest BCUT2D eigenvalue weighted by Crippen LogP contribution is -2.33. The zero-order valence-electron chi connectivity index (χ0n) is 13.8. The number of nitrogens with zero attached hydrogens (tertiary/aromatic N) is 2. The maximum absolute atomic E-state index is 13.2. The fourth-order valence-corrected chi connectivity index (χ4v) is 3.29. The minimum atomic E-state index is 0.194. The van der Waals surface area contributed by atoms with Crippen LogP contribution in [-0.4, -0.2) is 28.9 Å². The van der Waals surface area contributed by atoms with Gasteiger partial charge in [-0.05, 0) is 50.2 Å². The number of fused-ring (bicyclic) bond motifs is 1. The van der Waals surface area contributed by atoms with Gasteiger partial charge >= 0.3 is 0 Å². The quantitative estimate of drug-likeness (QED) is 0.793. The molecule has 4 rings (SSSR count). The molecule has 2 saturated carbocycles. The van der Waals surface area contributed by atoms with Gasteiger partial charge in [-0.15, -0.1) is 0 Å². The average Bonchev–Trinajstić information content (AvgIpc) is 3.46. The molecule has 1 aromatic carbocycles. The van der Waals surface area contributed by atoms with Gasteiger partial charge in [0.25, 0.3) is 5.91 Å². The van der Waals surface area contributed by atoms with Crippen LogP contribution in [0.4, 0.5) is 0 Å². The Morgan fingerprint density at radius 3 is 2.70 bits per heavy atom. The van der Waals surface area contributed by atoms with Crippen molar-refractivity contribution in [2.75, 3.05) is 13.1 Å². The largest absolute Gasteiger partial charge is 0.338 e. The molecule has 0 aliphatic heterocycles. The Morgan fingerprint density at radius 1 is 1.22 bits per heavy atom. The summed E-state index contributed by atoms with van der Waals surface area (Å²) in [6, 6.07) is 10.1. The summed E-state index contributed by atoms with van der Waals surface area (Å²) in [6.07, 6.45) is 5.98. The van der Waals surface area contributed by atoms with E-state index in [0.29, 0.717) is 5.92 Å². The minimum Gasteiger partial charge on any atom is -0.338 e. The molecule has 1 aromatic heterocycles. The molecule has 120 valence electrons. The number of para-hydroxylation sites is 1. The maximum Gasteiger partial charge on any atom is 0.254 e. The van der Waals surface area contributed by atoms with E-state index in [9.17, 15) is 4.79 Å². The van der Waals surface area contributed by atoms with Gasteiger partial charge in [0, 0.05) is 30.1 Å². The molecule has 3 nitrogen and oxygen atoms in total. The molecule has 0 saturated heterocycles. The van der Waals surface area contributed by atoms with Crippen LogP contribution in [0.5, 0.6) is 0 Å². The fraction of sp³-hybridized carbons (Fsp3) is 0.500. The smallest absolute Gasteiger partial charge is 0.254 e. The first-order valence-electron chi connectivity index (χ1n) is 8.95. The first-order chi connectivity index (χ1) is 11.3. The third kappa shape index (κ3) is 3.10. The molecule has 0 unspecified atom stereocenters. The molecule has 0 bridgehead atoms. The van der Waals surface area contributed by atoms with Crippen molar-refractivity contribution in [1.82, 2.24) is 9.88 Å². The molecule has 0 radical (unpaired) electrons. The highest BCUT2D eigenvalue weighted by Gasteiger charge is 2.30. The molecule has 0 N–H and O–H groups in total. The first kappa shape index (κ1) is 14.7. The molecule has 3 heteroatoms. The third-order valence-corrected chi connectivity index (χ3v) is 4.92. The van der Waals surface area contributed by atoms with Gasteiger partial charge in [-0.3, -0.25) is 9.78 Å². The zero-order chi connectivity index (χ0) is 15.8. The second-order valence-corrected chi connectivity index (χ2v) is 7.08. The van der Waals surface area contributed by atoms with E-state index in [0.717, 1.165) is 47.6 Å². The summed E-state index contributed by atoms with van der Waals surface area (Å²) < 4.78 is 0. The Labute approximate surface area is 137 Å². The molecule has 2 aliphatic carbocycles. The standard InChI is InChI=1S/C20H24N2O/c1-2-11-22(13-14-7-8-14)20(23)17-12-19(15-9-10-15)21-18-6-4-3-5-16(17)18/h3-6,12,14-15H,2,7-11,13H2,1H3. The number of benzene rings is 1. The van der Waals surface area contributed by atoms with Crippen LogP contribution in [0.1, 0.15) is 61.0 Å². The number of carbonyl (C=O) groups is 1. The number of rotatable bonds is 6. The van der Waals surface area contributed by atoms with E-state index >= 15 is 0 Å². The molecule has 1 amide bonds. The van der Waals surface area contributed by atoms with Crippen LogP contribution in [0, 0.1) is 5.92 Å². The predicted molar refractivity (Wildman–Crippen MR) is 92.6 cm³/mol. The van der Waals surface area contributed by atoms with Gasteiger partial charge in [-0.1, -0.05) is 25.1 Å². The maximum atomic E-state index is 13.2.